The molecular formula is C38H34N4. The monoisotopic (exact) mass is 546 g/mol. The Morgan fingerprint density at radius 3 is 2.43 bits per heavy atom. The Hall–Kier alpha value is -4.93. The van der Waals surface area contributed by atoms with Crippen LogP contribution in [-0.2, 0) is 6.54 Å². The summed E-state index contributed by atoms with van der Waals surface area (Å²) in [7, 11) is 0. The maximum Gasteiger partial charge on any atom is 0.129 e. The maximum atomic E-state index is 9.47. The summed E-state index contributed by atoms with van der Waals surface area (Å²) in [6, 6.07) is 37.3. The molecular weight excluding hydrogens is 512 g/mol. The molecule has 0 bridgehead atoms. The minimum Gasteiger partial charge on any atom is -0.333 e. The van der Waals surface area contributed by atoms with E-state index in [0.29, 0.717) is 24.2 Å². The van der Waals surface area contributed by atoms with Crippen molar-refractivity contribution in [3.05, 3.63) is 161 Å². The number of amidine groups is 1. The summed E-state index contributed by atoms with van der Waals surface area (Å²) in [6.45, 7) is 2.82. The topological polar surface area (TPSA) is 58.0 Å². The Morgan fingerprint density at radius 1 is 0.881 bits per heavy atom. The number of para-hydroxylation sites is 1. The molecule has 1 aromatic heterocycles. The Morgan fingerprint density at radius 2 is 1.62 bits per heavy atom. The van der Waals surface area contributed by atoms with Gasteiger partial charge in [-0.1, -0.05) is 128 Å². The van der Waals surface area contributed by atoms with Crippen molar-refractivity contribution in [1.29, 1.82) is 5.41 Å². The molecule has 4 nitrogen and oxygen atoms in total. The van der Waals surface area contributed by atoms with Gasteiger partial charge in [0.05, 0.1) is 11.2 Å². The smallest absolute Gasteiger partial charge is 0.129 e. The lowest BCUT2D eigenvalue weighted by Gasteiger charge is -2.32. The van der Waals surface area contributed by atoms with Gasteiger partial charge in [-0.3, -0.25) is 5.41 Å². The second-order valence-electron chi connectivity index (χ2n) is 11.2. The molecule has 0 saturated heterocycles. The highest BCUT2D eigenvalue weighted by molar-refractivity contribution is 6.01. The second kappa shape index (κ2) is 10.8. The molecule has 206 valence electrons. The number of rotatable bonds is 6. The summed E-state index contributed by atoms with van der Waals surface area (Å²) < 4.78 is 2.38. The molecule has 0 aliphatic heterocycles. The summed E-state index contributed by atoms with van der Waals surface area (Å²) in [5, 5.41) is 10.7. The zero-order valence-corrected chi connectivity index (χ0v) is 23.7. The Balaban J connectivity index is 1.34. The third kappa shape index (κ3) is 4.50. The molecule has 7 rings (SSSR count). The van der Waals surface area contributed by atoms with Crippen LogP contribution >= 0.6 is 0 Å². The van der Waals surface area contributed by atoms with Crippen LogP contribution in [0, 0.1) is 17.2 Å². The Labute approximate surface area is 247 Å². The molecule has 0 fully saturated rings. The quantitative estimate of drug-likeness (QED) is 0.128. The normalized spacial score (nSPS) is 17.8. The highest BCUT2D eigenvalue weighted by Crippen LogP contribution is 2.45. The molecule has 0 saturated carbocycles. The highest BCUT2D eigenvalue weighted by Gasteiger charge is 2.30. The molecule has 4 aromatic carbocycles. The second-order valence-corrected chi connectivity index (χ2v) is 11.2. The molecule has 0 amide bonds. The number of nitrogens with one attached hydrogen (secondary N) is 1. The van der Waals surface area contributed by atoms with Crippen molar-refractivity contribution < 1.29 is 0 Å². The average molecular weight is 547 g/mol. The number of fused-ring (bicyclic) bond motifs is 5. The first-order valence-corrected chi connectivity index (χ1v) is 14.6. The van der Waals surface area contributed by atoms with Crippen molar-refractivity contribution in [2.45, 2.75) is 19.6 Å². The van der Waals surface area contributed by atoms with Crippen molar-refractivity contribution in [3.63, 3.8) is 0 Å². The van der Waals surface area contributed by atoms with Gasteiger partial charge in [-0.2, -0.15) is 0 Å². The first-order chi connectivity index (χ1) is 20.6. The first kappa shape index (κ1) is 26.0. The van der Waals surface area contributed by atoms with Crippen LogP contribution in [-0.4, -0.2) is 15.3 Å². The molecule has 2 aliphatic rings. The fraction of sp³-hybridized carbons (Fsp3) is 0.132. The average Bonchev–Trinajstić information content (AvgIpc) is 3.39. The van der Waals surface area contributed by atoms with Crippen LogP contribution in [0.25, 0.3) is 28.2 Å². The van der Waals surface area contributed by atoms with E-state index in [2.05, 4.69) is 96.5 Å². The van der Waals surface area contributed by atoms with E-state index in [9.17, 15) is 5.41 Å². The van der Waals surface area contributed by atoms with Crippen LogP contribution in [0.4, 0.5) is 0 Å². The van der Waals surface area contributed by atoms with Gasteiger partial charge in [0.15, 0.2) is 0 Å². The van der Waals surface area contributed by atoms with Gasteiger partial charge in [-0.25, -0.2) is 0 Å². The Bertz CT molecular complexity index is 1860. The number of aromatic nitrogens is 1. The predicted molar refractivity (Wildman–Crippen MR) is 174 cm³/mol. The lowest BCUT2D eigenvalue weighted by atomic mass is 9.77. The van der Waals surface area contributed by atoms with E-state index < -0.39 is 6.17 Å². The minimum absolute atomic E-state index is 0.345. The molecule has 3 atom stereocenters. The molecule has 3 N–H and O–H groups in total. The summed E-state index contributed by atoms with van der Waals surface area (Å²) in [6.07, 6.45) is 11.0. The fourth-order valence-corrected chi connectivity index (χ4v) is 6.44. The molecule has 5 aromatic rings. The highest BCUT2D eigenvalue weighted by atomic mass is 15.2. The van der Waals surface area contributed by atoms with Gasteiger partial charge in [0.2, 0.25) is 0 Å². The van der Waals surface area contributed by atoms with E-state index in [0.717, 1.165) is 22.4 Å². The number of hydrogen-bond donors (Lipinski definition) is 2. The van der Waals surface area contributed by atoms with Gasteiger partial charge < -0.3 is 15.2 Å². The van der Waals surface area contributed by atoms with Gasteiger partial charge in [-0.15, -0.1) is 0 Å². The third-order valence-corrected chi connectivity index (χ3v) is 8.61. The zero-order valence-electron chi connectivity index (χ0n) is 23.7. The minimum atomic E-state index is -0.464. The molecule has 4 heteroatoms. The predicted octanol–water partition coefficient (Wildman–Crippen LogP) is 8.35. The molecule has 2 aliphatic carbocycles. The van der Waals surface area contributed by atoms with Gasteiger partial charge in [-0.05, 0) is 40.8 Å². The first-order valence-electron chi connectivity index (χ1n) is 14.6. The van der Waals surface area contributed by atoms with Crippen molar-refractivity contribution in [2.24, 2.45) is 17.6 Å². The number of allylic oxidation sites excluding steroid dienone is 5. The number of nitrogens with zero attached hydrogens (tertiary/aromatic N) is 2. The van der Waals surface area contributed by atoms with E-state index in [4.69, 9.17) is 5.73 Å². The van der Waals surface area contributed by atoms with Gasteiger partial charge >= 0.3 is 0 Å². The van der Waals surface area contributed by atoms with Crippen molar-refractivity contribution in [3.8, 4) is 5.69 Å². The van der Waals surface area contributed by atoms with Crippen LogP contribution < -0.4 is 5.73 Å². The largest absolute Gasteiger partial charge is 0.333 e. The number of nitrogens with two attached hydrogens (primary N) is 1. The van der Waals surface area contributed by atoms with E-state index in [1.54, 1.807) is 0 Å². The van der Waals surface area contributed by atoms with Gasteiger partial charge in [0, 0.05) is 34.7 Å². The SMILES string of the molecule is CC1C=CC=C2c3c(c4ccccc4n3-c3cccc(C(=N)N(Cc4ccccc4)C(N)c4ccccc4)c3)C=CC21. The molecule has 1 heterocycles. The maximum absolute atomic E-state index is 9.47. The molecule has 0 spiro atoms. The van der Waals surface area contributed by atoms with Gasteiger partial charge in [0.25, 0.3) is 0 Å². The van der Waals surface area contributed by atoms with E-state index in [1.807, 2.05) is 59.5 Å². The lowest BCUT2D eigenvalue weighted by Crippen LogP contribution is -2.39. The van der Waals surface area contributed by atoms with Crippen molar-refractivity contribution in [2.75, 3.05) is 0 Å². The van der Waals surface area contributed by atoms with E-state index >= 15 is 0 Å². The van der Waals surface area contributed by atoms with Crippen molar-refractivity contribution >= 4 is 28.4 Å². The number of benzene rings is 4. The lowest BCUT2D eigenvalue weighted by molar-refractivity contribution is 0.314. The van der Waals surface area contributed by atoms with Crippen LogP contribution in [0.2, 0.25) is 0 Å². The molecule has 3 unspecified atom stereocenters. The van der Waals surface area contributed by atoms with Crippen molar-refractivity contribution in [1.82, 2.24) is 9.47 Å². The van der Waals surface area contributed by atoms with Crippen LogP contribution in [0.1, 0.15) is 41.0 Å². The summed E-state index contributed by atoms with van der Waals surface area (Å²) in [5.41, 5.74) is 15.8. The third-order valence-electron chi connectivity index (χ3n) is 8.61. The summed E-state index contributed by atoms with van der Waals surface area (Å²) >= 11 is 0. The molecule has 42 heavy (non-hydrogen) atoms. The standard InChI is InChI=1S/C38H34N4/c1-26-12-10-20-33-31(26)22-23-34-32-19-8-9-21-35(32)42(36(33)34)30-18-11-17-29(24-30)38(40)41(25-27-13-4-2-5-14-27)37(39)28-15-6-3-7-16-28/h2-24,26,31,37,40H,25,39H2,1H3. The summed E-state index contributed by atoms with van der Waals surface area (Å²) in [4.78, 5) is 1.99. The van der Waals surface area contributed by atoms with E-state index in [1.165, 1.54) is 27.7 Å². The number of hydrogen-bond acceptors (Lipinski definition) is 2. The fourth-order valence-electron chi connectivity index (χ4n) is 6.44. The Kier molecular flexibility index (Phi) is 6.69. The summed E-state index contributed by atoms with van der Waals surface area (Å²) in [5.74, 6) is 1.18. The van der Waals surface area contributed by atoms with Crippen LogP contribution in [0.3, 0.4) is 0 Å². The van der Waals surface area contributed by atoms with Crippen LogP contribution in [0.5, 0.6) is 0 Å². The van der Waals surface area contributed by atoms with E-state index in [-0.39, 0.29) is 0 Å². The zero-order chi connectivity index (χ0) is 28.6. The van der Waals surface area contributed by atoms with Crippen LogP contribution in [0.15, 0.2) is 133 Å². The van der Waals surface area contributed by atoms with Gasteiger partial charge in [0.1, 0.15) is 12.0 Å². The molecule has 0 radical (unpaired) electrons.